The van der Waals surface area contributed by atoms with E-state index in [1.54, 1.807) is 0 Å². The van der Waals surface area contributed by atoms with Crippen LogP contribution in [0.15, 0.2) is 280 Å². The third-order valence-electron chi connectivity index (χ3n) is 16.3. The molecule has 0 aliphatic carbocycles. The predicted molar refractivity (Wildman–Crippen MR) is 335 cm³/mol. The Hall–Kier alpha value is -10.6. The summed E-state index contributed by atoms with van der Waals surface area (Å²) in [6, 6.07) is 91.4. The van der Waals surface area contributed by atoms with Gasteiger partial charge in [0.25, 0.3) is 0 Å². The van der Waals surface area contributed by atoms with Crippen molar-refractivity contribution in [1.29, 1.82) is 0 Å². The highest BCUT2D eigenvalue weighted by atomic mass is 15.3. The lowest BCUT2D eigenvalue weighted by Gasteiger charge is -2.41. The maximum absolute atomic E-state index is 4.24. The lowest BCUT2D eigenvalue weighted by molar-refractivity contribution is 1.16. The van der Waals surface area contributed by atoms with Gasteiger partial charge in [0, 0.05) is 77.2 Å². The average molecular weight is 1010 g/mol. The molecule has 0 amide bonds. The van der Waals surface area contributed by atoms with Crippen molar-refractivity contribution in [1.82, 2.24) is 18.3 Å². The number of allylic oxidation sites excluding steroid dienone is 5. The zero-order valence-electron chi connectivity index (χ0n) is 43.4. The molecule has 6 nitrogen and oxygen atoms in total. The van der Waals surface area contributed by atoms with E-state index in [0.29, 0.717) is 0 Å². The summed E-state index contributed by atoms with van der Waals surface area (Å²) in [7, 11) is 0. The predicted octanol–water partition coefficient (Wildman–Crippen LogP) is 19.9. The van der Waals surface area contributed by atoms with E-state index < -0.39 is 0 Å². The van der Waals surface area contributed by atoms with Crippen molar-refractivity contribution in [3.8, 4) is 17.1 Å². The second kappa shape index (κ2) is 17.5. The Balaban J connectivity index is 0.972. The first-order chi connectivity index (χ1) is 39.2. The smallest absolute Gasteiger partial charge is 0.0804 e. The Morgan fingerprint density at radius 1 is 0.329 bits per heavy atom. The van der Waals surface area contributed by atoms with E-state index in [-0.39, 0.29) is 0 Å². The van der Waals surface area contributed by atoms with Crippen molar-refractivity contribution >= 4 is 127 Å². The fourth-order valence-corrected chi connectivity index (χ4v) is 13.1. The van der Waals surface area contributed by atoms with Gasteiger partial charge in [0.2, 0.25) is 0 Å². The molecule has 6 heteroatoms. The standard InChI is InChI=1S/C73H50N6/c1-3-5-23-48(4-2)74-60-34-19-15-30-54(60)58-46-52(38-40-64(58)74)76-62-36-21-17-32-56(62)70-66(76)42-44-68-72(70)78(50-26-11-7-12-27-50)69-45-43-67-71(73(69)79(68)51-28-13-8-14-29-51)57-33-18-22-37-63(57)77(67)53-39-41-65-59(47-53)55-31-16-20-35-61(55)75(65)49-24-9-6-10-25-49/h3-47H,2H2,1H3/b5-3-,48-23+. The van der Waals surface area contributed by atoms with Gasteiger partial charge in [-0.25, -0.2) is 0 Å². The number of aromatic nitrogens is 4. The molecule has 0 N–H and O–H groups in total. The van der Waals surface area contributed by atoms with E-state index in [1.807, 2.05) is 13.0 Å². The summed E-state index contributed by atoms with van der Waals surface area (Å²) in [4.78, 5) is 5.06. The lowest BCUT2D eigenvalue weighted by Crippen LogP contribution is -2.24. The van der Waals surface area contributed by atoms with Crippen LogP contribution in [-0.4, -0.2) is 18.3 Å². The Morgan fingerprint density at radius 2 is 0.696 bits per heavy atom. The van der Waals surface area contributed by atoms with Gasteiger partial charge in [-0.15, -0.1) is 0 Å². The topological polar surface area (TPSA) is 26.2 Å². The highest BCUT2D eigenvalue weighted by Crippen LogP contribution is 2.60. The van der Waals surface area contributed by atoms with Crippen molar-refractivity contribution in [3.05, 3.63) is 280 Å². The Kier molecular flexibility index (Phi) is 9.90. The normalized spacial score (nSPS) is 12.9. The first kappa shape index (κ1) is 44.7. The van der Waals surface area contributed by atoms with E-state index in [4.69, 9.17) is 0 Å². The van der Waals surface area contributed by atoms with Crippen LogP contribution < -0.4 is 9.80 Å². The van der Waals surface area contributed by atoms with E-state index in [2.05, 4.69) is 302 Å². The summed E-state index contributed by atoms with van der Waals surface area (Å²) in [6.45, 7) is 6.29. The van der Waals surface area contributed by atoms with Gasteiger partial charge in [-0.1, -0.05) is 146 Å². The number of anilines is 6. The van der Waals surface area contributed by atoms with Crippen LogP contribution in [0, 0.1) is 0 Å². The molecule has 0 saturated carbocycles. The number of fused-ring (bicyclic) bond motifs is 16. The van der Waals surface area contributed by atoms with Crippen LogP contribution in [0.5, 0.6) is 0 Å². The summed E-state index contributed by atoms with van der Waals surface area (Å²) in [6.07, 6.45) is 8.21. The average Bonchev–Trinajstić information content (AvgIpc) is 4.46. The molecule has 1 aliphatic heterocycles. The van der Waals surface area contributed by atoms with E-state index in [9.17, 15) is 0 Å². The van der Waals surface area contributed by atoms with Crippen LogP contribution in [0.3, 0.4) is 0 Å². The fraction of sp³-hybridized carbons (Fsp3) is 0.0137. The van der Waals surface area contributed by atoms with E-state index >= 15 is 0 Å². The summed E-state index contributed by atoms with van der Waals surface area (Å²) < 4.78 is 9.67. The van der Waals surface area contributed by atoms with Crippen LogP contribution in [0.4, 0.5) is 34.1 Å². The molecule has 0 radical (unpaired) electrons. The number of rotatable bonds is 8. The van der Waals surface area contributed by atoms with E-state index in [0.717, 1.165) is 90.0 Å². The maximum Gasteiger partial charge on any atom is 0.0804 e. The van der Waals surface area contributed by atoms with Crippen molar-refractivity contribution in [2.24, 2.45) is 0 Å². The van der Waals surface area contributed by atoms with Gasteiger partial charge < -0.3 is 28.1 Å². The molecule has 0 unspecified atom stereocenters. The lowest BCUT2D eigenvalue weighted by atomic mass is 9.98. The molecule has 0 spiro atoms. The highest BCUT2D eigenvalue weighted by Gasteiger charge is 2.36. The van der Waals surface area contributed by atoms with Gasteiger partial charge in [0.05, 0.1) is 66.9 Å². The Labute approximate surface area is 456 Å². The molecule has 1 aliphatic rings. The molecule has 372 valence electrons. The molecule has 0 atom stereocenters. The number of para-hydroxylation sites is 7. The molecule has 16 rings (SSSR count). The molecule has 0 bridgehead atoms. The molecule has 15 aromatic rings. The van der Waals surface area contributed by atoms with Crippen LogP contribution in [0.25, 0.3) is 110 Å². The quantitative estimate of drug-likeness (QED) is 0.142. The number of nitrogens with zero attached hydrogens (tertiary/aromatic N) is 6. The highest BCUT2D eigenvalue weighted by molar-refractivity contribution is 6.27. The Bertz CT molecular complexity index is 5050. The van der Waals surface area contributed by atoms with Crippen molar-refractivity contribution < 1.29 is 0 Å². The SMILES string of the molecule is C=C/C(=C\C=C/C)n1c2ccccc2c2cc(-n3c4ccccc4c4c5c(ccc43)N(c3ccccc3)c3c(ccc4c3c3ccccc3n4-c3ccc4c(c3)c3ccccc3n4-c3ccccc3)N5c3ccccc3)ccc21. The first-order valence-electron chi connectivity index (χ1n) is 27.1. The number of benzene rings is 11. The first-order valence-corrected chi connectivity index (χ1v) is 27.1. The third-order valence-corrected chi connectivity index (χ3v) is 16.3. The monoisotopic (exact) mass is 1010 g/mol. The van der Waals surface area contributed by atoms with Crippen molar-refractivity contribution in [3.63, 3.8) is 0 Å². The van der Waals surface area contributed by atoms with Gasteiger partial charge in [-0.3, -0.25) is 0 Å². The molecule has 5 heterocycles. The van der Waals surface area contributed by atoms with Crippen LogP contribution in [0.2, 0.25) is 0 Å². The minimum absolute atomic E-state index is 1.02. The summed E-state index contributed by atoms with van der Waals surface area (Å²) >= 11 is 0. The molecular formula is C73H50N6. The number of hydrogen-bond donors (Lipinski definition) is 0. The van der Waals surface area contributed by atoms with Gasteiger partial charge in [0.1, 0.15) is 0 Å². The van der Waals surface area contributed by atoms with Crippen molar-refractivity contribution in [2.45, 2.75) is 6.92 Å². The van der Waals surface area contributed by atoms with Gasteiger partial charge in [0.15, 0.2) is 0 Å². The zero-order valence-corrected chi connectivity index (χ0v) is 43.4. The summed E-state index contributed by atoms with van der Waals surface area (Å²) in [5, 5.41) is 9.55. The van der Waals surface area contributed by atoms with Gasteiger partial charge >= 0.3 is 0 Å². The van der Waals surface area contributed by atoms with Gasteiger partial charge in [-0.05, 0) is 140 Å². The maximum atomic E-state index is 4.24. The van der Waals surface area contributed by atoms with E-state index in [1.165, 1.54) is 54.1 Å². The minimum Gasteiger partial charge on any atom is -0.309 e. The third kappa shape index (κ3) is 6.46. The molecule has 11 aromatic carbocycles. The second-order valence-electron chi connectivity index (χ2n) is 20.5. The van der Waals surface area contributed by atoms with Crippen LogP contribution in [-0.2, 0) is 0 Å². The molecule has 0 fully saturated rings. The van der Waals surface area contributed by atoms with Crippen LogP contribution in [0.1, 0.15) is 6.92 Å². The van der Waals surface area contributed by atoms with Crippen molar-refractivity contribution in [2.75, 3.05) is 9.80 Å². The Morgan fingerprint density at radius 3 is 1.20 bits per heavy atom. The van der Waals surface area contributed by atoms with Gasteiger partial charge in [-0.2, -0.15) is 0 Å². The number of hydrogen-bond acceptors (Lipinski definition) is 2. The van der Waals surface area contributed by atoms with Crippen LogP contribution >= 0.6 is 0 Å². The summed E-state index contributed by atoms with van der Waals surface area (Å²) in [5.41, 5.74) is 20.2. The minimum atomic E-state index is 1.02. The largest absolute Gasteiger partial charge is 0.309 e. The second-order valence-corrected chi connectivity index (χ2v) is 20.5. The molecule has 0 saturated heterocycles. The molecular weight excluding hydrogens is 961 g/mol. The fourth-order valence-electron chi connectivity index (χ4n) is 13.1. The molecule has 79 heavy (non-hydrogen) atoms. The summed E-state index contributed by atoms with van der Waals surface area (Å²) in [5.74, 6) is 0. The zero-order chi connectivity index (χ0) is 52.3. The molecule has 4 aromatic heterocycles.